The molecule has 0 atom stereocenters. The topological polar surface area (TPSA) is 152 Å². The first-order valence-corrected chi connectivity index (χ1v) is 32.1. The number of benzene rings is 8. The first-order chi connectivity index (χ1) is 36.1. The molecule has 0 amide bonds. The van der Waals surface area contributed by atoms with Crippen molar-refractivity contribution in [3.8, 4) is 45.6 Å². The average molecular weight is 1060 g/mol. The average Bonchev–Trinajstić information content (AvgIpc) is 4.15. The summed E-state index contributed by atoms with van der Waals surface area (Å²) in [5, 5.41) is 12.3. The van der Waals surface area contributed by atoms with Gasteiger partial charge < -0.3 is 34.5 Å². The molecule has 0 N–H and O–H groups in total. The van der Waals surface area contributed by atoms with Crippen LogP contribution in [0.5, 0.6) is 0 Å². The van der Waals surface area contributed by atoms with Crippen LogP contribution in [0.2, 0.25) is 36.3 Å². The third-order valence-corrected chi connectivity index (χ3v) is 24.5. The van der Waals surface area contributed by atoms with Crippen LogP contribution in [0, 0.1) is 11.8 Å². The standard InChI is InChI=1S/C48H24N8.2C8H19OSi.Si/c1-2-10-26-18-34-33(17-25(26)9-1)41-49-42(34)54-44-37-21-29-13-5-6-14-30(29)22-38(37)46(51-44)56-48-40-24-32-16-8-7-15-31(32)23-39(40)47(52-48)55-45-36-20-28-12-4-3-11-27(28)19-35(36)43(50-45)53-41;2*1-7(2)8(3,4)10(5,6)9;/h1-24H;2*7H,1-6H3;/q-2;2*-1;+4. The molecule has 11 aromatic rings. The number of rotatable bonds is 4. The van der Waals surface area contributed by atoms with Crippen LogP contribution in [-0.2, 0) is 0 Å². The van der Waals surface area contributed by atoms with E-state index in [1.165, 1.54) is 0 Å². The van der Waals surface area contributed by atoms with Gasteiger partial charge in [0.15, 0.2) is 11.6 Å². The van der Waals surface area contributed by atoms with Crippen molar-refractivity contribution in [2.75, 3.05) is 0 Å². The molecule has 10 nitrogen and oxygen atoms in total. The molecular weight excluding hydrogens is 997 g/mol. The molecule has 8 aromatic carbocycles. The Morgan fingerprint density at radius 2 is 0.558 bits per heavy atom. The van der Waals surface area contributed by atoms with Crippen LogP contribution in [0.4, 0.5) is 0 Å². The summed E-state index contributed by atoms with van der Waals surface area (Å²) in [4.78, 5) is 65.0. The molecule has 0 fully saturated rings. The van der Waals surface area contributed by atoms with Crippen LogP contribution in [0.3, 0.4) is 0 Å². The maximum Gasteiger partial charge on any atom is 4.00 e. The Bertz CT molecular complexity index is 4030. The van der Waals surface area contributed by atoms with Crippen LogP contribution in [-0.4, -0.2) is 57.5 Å². The minimum atomic E-state index is -2.20. The third kappa shape index (κ3) is 9.58. The van der Waals surface area contributed by atoms with Crippen molar-refractivity contribution in [1.29, 1.82) is 0 Å². The van der Waals surface area contributed by atoms with Crippen molar-refractivity contribution in [3.63, 3.8) is 0 Å². The largest absolute Gasteiger partial charge is 4.00 e. The van der Waals surface area contributed by atoms with Crippen LogP contribution in [0.15, 0.2) is 146 Å². The van der Waals surface area contributed by atoms with Crippen molar-refractivity contribution in [2.45, 2.75) is 91.7 Å². The second-order valence-electron chi connectivity index (χ2n) is 23.2. The maximum absolute atomic E-state index is 11.7. The van der Waals surface area contributed by atoms with Gasteiger partial charge in [0.05, 0.1) is 11.6 Å². The van der Waals surface area contributed by atoms with Crippen molar-refractivity contribution in [3.05, 3.63) is 146 Å². The Labute approximate surface area is 456 Å². The van der Waals surface area contributed by atoms with Gasteiger partial charge in [0, 0.05) is 44.8 Å². The minimum Gasteiger partial charge on any atom is -0.858 e. The molecule has 3 aromatic heterocycles. The molecule has 0 saturated heterocycles. The van der Waals surface area contributed by atoms with E-state index < -0.39 is 16.6 Å². The SMILES string of the molecule is CC(C)C(C)(C)[Si](C)(C)[O-].CC(C)C(C)(C)[Si](C)(C)[O-].[Si+4].c1ccc2cc3c(cc2c1)-c1nc2nc(nc4[n-]c(nc5[n-]c(nc-3n1)c1cc3ccccc3cc51)c1cc3ccccc3cc41)-c1cc3ccccc3cc1-2. The zero-order chi connectivity index (χ0) is 53.6. The smallest absolute Gasteiger partial charge is 0.858 e. The fourth-order valence-corrected chi connectivity index (χ4v) is 12.6. The summed E-state index contributed by atoms with van der Waals surface area (Å²) in [5.74, 6) is 3.15. The number of nitrogens with zero attached hydrogens (tertiary/aromatic N) is 8. The zero-order valence-corrected chi connectivity index (χ0v) is 48.9. The van der Waals surface area contributed by atoms with Crippen LogP contribution in [0.1, 0.15) is 55.4 Å². The monoisotopic (exact) mass is 1060 g/mol. The van der Waals surface area contributed by atoms with E-state index in [2.05, 4.69) is 152 Å². The van der Waals surface area contributed by atoms with Gasteiger partial charge in [-0.2, -0.15) is 0 Å². The van der Waals surface area contributed by atoms with Gasteiger partial charge >= 0.3 is 11.0 Å². The Kier molecular flexibility index (Phi) is 13.5. The zero-order valence-electron chi connectivity index (χ0n) is 45.9. The molecule has 77 heavy (non-hydrogen) atoms. The van der Waals surface area contributed by atoms with E-state index in [1.807, 2.05) is 74.7 Å². The minimum absolute atomic E-state index is 0. The van der Waals surface area contributed by atoms with Crippen LogP contribution >= 0.6 is 0 Å². The van der Waals surface area contributed by atoms with Gasteiger partial charge in [-0.25, -0.2) is 15.0 Å². The quantitative estimate of drug-likeness (QED) is 0.156. The molecular formula is C64H62N8O2Si3. The molecule has 0 unspecified atom stereocenters. The Morgan fingerprint density at radius 1 is 0.351 bits per heavy atom. The van der Waals surface area contributed by atoms with E-state index in [1.54, 1.807) is 0 Å². The molecule has 5 heterocycles. The summed E-state index contributed by atoms with van der Waals surface area (Å²) in [7, 11) is -4.40. The molecule has 2 aliphatic heterocycles. The summed E-state index contributed by atoms with van der Waals surface area (Å²) in [6.45, 7) is 24.5. The normalized spacial score (nSPS) is 12.7. The molecule has 382 valence electrons. The van der Waals surface area contributed by atoms with Gasteiger partial charge in [0.25, 0.3) is 0 Å². The number of hydrogen-bond acceptors (Lipinski definition) is 8. The first kappa shape index (κ1) is 53.1. The number of fused-ring (bicyclic) bond motifs is 24. The van der Waals surface area contributed by atoms with E-state index >= 15 is 0 Å². The van der Waals surface area contributed by atoms with Gasteiger partial charge in [-0.15, -0.1) is 0 Å². The van der Waals surface area contributed by atoms with E-state index in [0.717, 1.165) is 86.9 Å². The number of aromatic nitrogens is 8. The second-order valence-corrected chi connectivity index (χ2v) is 31.9. The summed E-state index contributed by atoms with van der Waals surface area (Å²) < 4.78 is 0. The maximum atomic E-state index is 11.7. The van der Waals surface area contributed by atoms with Gasteiger partial charge in [-0.1, -0.05) is 189 Å². The van der Waals surface area contributed by atoms with Gasteiger partial charge in [0.2, 0.25) is 0 Å². The molecule has 13 rings (SSSR count). The van der Waals surface area contributed by atoms with Crippen molar-refractivity contribution in [2.24, 2.45) is 11.8 Å². The number of hydrogen-bond donors (Lipinski definition) is 0. The van der Waals surface area contributed by atoms with Gasteiger partial charge in [0.1, 0.15) is 0 Å². The summed E-state index contributed by atoms with van der Waals surface area (Å²) in [6.07, 6.45) is 0. The predicted octanol–water partition coefficient (Wildman–Crippen LogP) is 14.3. The molecule has 13 heteroatoms. The Balaban J connectivity index is 0.000000274. The fourth-order valence-electron chi connectivity index (χ4n) is 9.80. The van der Waals surface area contributed by atoms with Crippen molar-refractivity contribution < 1.29 is 9.59 Å². The molecule has 0 saturated carbocycles. The van der Waals surface area contributed by atoms with Crippen LogP contribution in [0.25, 0.3) is 133 Å². The van der Waals surface area contributed by atoms with Crippen molar-refractivity contribution in [1.82, 2.24) is 39.9 Å². The molecule has 2 aliphatic rings. The van der Waals surface area contributed by atoms with E-state index in [4.69, 9.17) is 39.9 Å². The Hall–Kier alpha value is -7.27. The Morgan fingerprint density at radius 3 is 0.766 bits per heavy atom. The van der Waals surface area contributed by atoms with E-state index in [-0.39, 0.29) is 21.0 Å². The molecule has 0 spiro atoms. The van der Waals surface area contributed by atoms with Crippen LogP contribution < -0.4 is 19.6 Å². The fraction of sp³-hybridized carbons (Fsp3) is 0.250. The van der Waals surface area contributed by atoms with E-state index in [9.17, 15) is 9.59 Å². The molecule has 8 bridgehead atoms. The second kappa shape index (κ2) is 19.6. The molecule has 0 aliphatic carbocycles. The molecule has 0 radical (unpaired) electrons. The third-order valence-electron chi connectivity index (χ3n) is 17.2. The summed E-state index contributed by atoms with van der Waals surface area (Å²) in [5.41, 5.74) is 5.67. The predicted molar refractivity (Wildman–Crippen MR) is 322 cm³/mol. The van der Waals surface area contributed by atoms with Gasteiger partial charge in [-0.3, -0.25) is 0 Å². The summed E-state index contributed by atoms with van der Waals surface area (Å²) >= 11 is 0. The van der Waals surface area contributed by atoms with E-state index in [0.29, 0.717) is 57.7 Å². The van der Waals surface area contributed by atoms with Gasteiger partial charge in [-0.05, 0) is 142 Å². The van der Waals surface area contributed by atoms with Crippen molar-refractivity contribution >= 4 is 115 Å². The summed E-state index contributed by atoms with van der Waals surface area (Å²) in [6, 6.07) is 50.4. The first-order valence-electron chi connectivity index (χ1n) is 26.3.